The first-order valence-electron chi connectivity index (χ1n) is 6.53. The Hall–Kier alpha value is -0.0400. The molecule has 0 bridgehead atoms. The van der Waals surface area contributed by atoms with E-state index in [2.05, 4.69) is 47.0 Å². The minimum Gasteiger partial charge on any atom is -0.316 e. The van der Waals surface area contributed by atoms with E-state index in [0.29, 0.717) is 11.5 Å². The van der Waals surface area contributed by atoms with Crippen LogP contribution in [0.4, 0.5) is 0 Å². The Morgan fingerprint density at radius 2 is 1.67 bits per heavy atom. The van der Waals surface area contributed by atoms with Gasteiger partial charge in [0.2, 0.25) is 0 Å². The Morgan fingerprint density at radius 3 is 2.07 bits per heavy atom. The van der Waals surface area contributed by atoms with Crippen molar-refractivity contribution < 1.29 is 0 Å². The van der Waals surface area contributed by atoms with Crippen LogP contribution in [0.25, 0.3) is 0 Å². The van der Waals surface area contributed by atoms with E-state index in [1.54, 1.807) is 0 Å². The first-order chi connectivity index (χ1) is 6.86. The molecule has 0 spiro atoms. The Labute approximate surface area is 96.0 Å². The second-order valence-electron chi connectivity index (χ2n) is 6.66. The maximum atomic E-state index is 3.55. The van der Waals surface area contributed by atoms with E-state index in [9.17, 15) is 0 Å². The average molecular weight is 211 g/mol. The number of hydrogen-bond acceptors (Lipinski definition) is 1. The summed E-state index contributed by atoms with van der Waals surface area (Å²) in [4.78, 5) is 0. The monoisotopic (exact) mass is 211 g/mol. The van der Waals surface area contributed by atoms with Gasteiger partial charge in [0.25, 0.3) is 0 Å². The minimum absolute atomic E-state index is 0.389. The molecule has 1 nitrogen and oxygen atoms in total. The van der Waals surface area contributed by atoms with Crippen LogP contribution in [0.1, 0.15) is 53.9 Å². The first-order valence-corrected chi connectivity index (χ1v) is 6.53. The summed E-state index contributed by atoms with van der Waals surface area (Å²) in [6.45, 7) is 11.9. The Kier molecular flexibility index (Phi) is 4.22. The number of rotatable bonds is 2. The zero-order valence-electron chi connectivity index (χ0n) is 11.4. The van der Waals surface area contributed by atoms with Gasteiger partial charge >= 0.3 is 0 Å². The zero-order valence-corrected chi connectivity index (χ0v) is 11.4. The fraction of sp³-hybridized carbons (Fsp3) is 1.00. The third kappa shape index (κ3) is 3.21. The molecule has 0 radical (unpaired) electrons. The van der Waals surface area contributed by atoms with E-state index >= 15 is 0 Å². The van der Waals surface area contributed by atoms with Crippen molar-refractivity contribution in [3.8, 4) is 0 Å². The molecule has 1 fully saturated rings. The second-order valence-corrected chi connectivity index (χ2v) is 6.66. The lowest BCUT2D eigenvalue weighted by atomic mass is 9.68. The predicted molar refractivity (Wildman–Crippen MR) is 68.0 cm³/mol. The highest BCUT2D eigenvalue weighted by atomic mass is 14.9. The normalized spacial score (nSPS) is 35.2. The molecular formula is C14H29N. The molecule has 4 atom stereocenters. The van der Waals surface area contributed by atoms with E-state index < -0.39 is 0 Å². The fourth-order valence-electron chi connectivity index (χ4n) is 3.27. The lowest BCUT2D eigenvalue weighted by molar-refractivity contribution is 0.117. The third-order valence-electron chi connectivity index (χ3n) is 4.35. The van der Waals surface area contributed by atoms with Crippen molar-refractivity contribution in [2.45, 2.75) is 59.9 Å². The van der Waals surface area contributed by atoms with Crippen molar-refractivity contribution in [2.24, 2.45) is 23.2 Å². The highest BCUT2D eigenvalue weighted by Gasteiger charge is 2.35. The summed E-state index contributed by atoms with van der Waals surface area (Å²) in [5.74, 6) is 2.71. The molecule has 0 amide bonds. The molecule has 0 aromatic rings. The van der Waals surface area contributed by atoms with E-state index in [0.717, 1.165) is 17.8 Å². The van der Waals surface area contributed by atoms with Gasteiger partial charge in [-0.05, 0) is 43.1 Å². The highest BCUT2D eigenvalue weighted by Crippen LogP contribution is 2.39. The molecule has 15 heavy (non-hydrogen) atoms. The average Bonchev–Trinajstić information content (AvgIpc) is 2.10. The summed E-state index contributed by atoms with van der Waals surface area (Å²) < 4.78 is 0. The minimum atomic E-state index is 0.389. The summed E-state index contributed by atoms with van der Waals surface area (Å²) in [7, 11) is 2.12. The van der Waals surface area contributed by atoms with Gasteiger partial charge in [-0.25, -0.2) is 0 Å². The molecule has 1 N–H and O–H groups in total. The van der Waals surface area contributed by atoms with Crippen LogP contribution < -0.4 is 5.32 Å². The smallest absolute Gasteiger partial charge is 0.0141 e. The maximum Gasteiger partial charge on any atom is 0.0141 e. The van der Waals surface area contributed by atoms with Gasteiger partial charge in [0.1, 0.15) is 0 Å². The summed E-state index contributed by atoms with van der Waals surface area (Å²) in [5, 5.41) is 3.55. The molecule has 1 saturated carbocycles. The fourth-order valence-corrected chi connectivity index (χ4v) is 3.27. The van der Waals surface area contributed by atoms with Crippen LogP contribution in [0.15, 0.2) is 0 Å². The Balaban J connectivity index is 2.63. The standard InChI is InChI=1S/C14H29N/c1-10-7-8-12(9-11(10)2)13(15-6)14(3,4)5/h10-13,15H,7-9H2,1-6H3. The molecule has 1 aliphatic rings. The zero-order chi connectivity index (χ0) is 11.6. The molecular weight excluding hydrogens is 182 g/mol. The molecule has 0 saturated heterocycles. The highest BCUT2D eigenvalue weighted by molar-refractivity contribution is 4.89. The maximum absolute atomic E-state index is 3.55. The Morgan fingerprint density at radius 1 is 1.07 bits per heavy atom. The van der Waals surface area contributed by atoms with Crippen LogP contribution in [-0.2, 0) is 0 Å². The van der Waals surface area contributed by atoms with Gasteiger partial charge in [-0.15, -0.1) is 0 Å². The van der Waals surface area contributed by atoms with Gasteiger partial charge < -0.3 is 5.32 Å². The van der Waals surface area contributed by atoms with Crippen molar-refractivity contribution in [2.75, 3.05) is 7.05 Å². The first kappa shape index (κ1) is 13.0. The third-order valence-corrected chi connectivity index (χ3v) is 4.35. The quantitative estimate of drug-likeness (QED) is 0.734. The largest absolute Gasteiger partial charge is 0.316 e. The van der Waals surface area contributed by atoms with Gasteiger partial charge in [-0.1, -0.05) is 41.0 Å². The van der Waals surface area contributed by atoms with Crippen molar-refractivity contribution >= 4 is 0 Å². The molecule has 1 aliphatic carbocycles. The topological polar surface area (TPSA) is 12.0 Å². The van der Waals surface area contributed by atoms with Gasteiger partial charge in [0.15, 0.2) is 0 Å². The molecule has 1 rings (SSSR count). The van der Waals surface area contributed by atoms with Crippen LogP contribution in [0.2, 0.25) is 0 Å². The summed E-state index contributed by atoms with van der Waals surface area (Å²) >= 11 is 0. The van der Waals surface area contributed by atoms with Crippen LogP contribution in [0.3, 0.4) is 0 Å². The van der Waals surface area contributed by atoms with Crippen molar-refractivity contribution in [1.82, 2.24) is 5.32 Å². The van der Waals surface area contributed by atoms with Gasteiger partial charge in [-0.3, -0.25) is 0 Å². The molecule has 0 aliphatic heterocycles. The van der Waals surface area contributed by atoms with E-state index in [4.69, 9.17) is 0 Å². The number of hydrogen-bond donors (Lipinski definition) is 1. The van der Waals surface area contributed by atoms with Gasteiger partial charge in [-0.2, -0.15) is 0 Å². The SMILES string of the molecule is CNC(C1CCC(C)C(C)C1)C(C)(C)C. The predicted octanol–water partition coefficient (Wildman–Crippen LogP) is 3.69. The Bertz CT molecular complexity index is 192. The van der Waals surface area contributed by atoms with Crippen molar-refractivity contribution in [3.63, 3.8) is 0 Å². The molecule has 0 aromatic carbocycles. The van der Waals surface area contributed by atoms with Gasteiger partial charge in [0, 0.05) is 6.04 Å². The molecule has 4 unspecified atom stereocenters. The molecule has 0 heterocycles. The summed E-state index contributed by atoms with van der Waals surface area (Å²) in [5.41, 5.74) is 0.389. The van der Waals surface area contributed by atoms with Crippen LogP contribution in [0, 0.1) is 23.2 Å². The van der Waals surface area contributed by atoms with Crippen molar-refractivity contribution in [3.05, 3.63) is 0 Å². The van der Waals surface area contributed by atoms with Crippen LogP contribution in [-0.4, -0.2) is 13.1 Å². The molecule has 90 valence electrons. The summed E-state index contributed by atoms with van der Waals surface area (Å²) in [6.07, 6.45) is 4.23. The second kappa shape index (κ2) is 4.86. The van der Waals surface area contributed by atoms with Gasteiger partial charge in [0.05, 0.1) is 0 Å². The lowest BCUT2D eigenvalue weighted by Crippen LogP contribution is -2.46. The van der Waals surface area contributed by atoms with E-state index in [-0.39, 0.29) is 0 Å². The molecule has 1 heteroatoms. The van der Waals surface area contributed by atoms with Crippen molar-refractivity contribution in [1.29, 1.82) is 0 Å². The lowest BCUT2D eigenvalue weighted by Gasteiger charge is -2.42. The van der Waals surface area contributed by atoms with Crippen LogP contribution in [0.5, 0.6) is 0 Å². The van der Waals surface area contributed by atoms with Crippen LogP contribution >= 0.6 is 0 Å². The molecule has 0 aromatic heterocycles. The van der Waals surface area contributed by atoms with E-state index in [1.165, 1.54) is 19.3 Å². The van der Waals surface area contributed by atoms with E-state index in [1.807, 2.05) is 0 Å². The number of nitrogens with one attached hydrogen (secondary N) is 1. The summed E-state index contributed by atoms with van der Waals surface area (Å²) in [6, 6.07) is 0.674.